The van der Waals surface area contributed by atoms with Crippen molar-refractivity contribution in [3.8, 4) is 12.1 Å². The topological polar surface area (TPSA) is 93.8 Å². The van der Waals surface area contributed by atoms with Gasteiger partial charge in [-0.05, 0) is 19.3 Å². The first-order chi connectivity index (χ1) is 11.6. The molecule has 0 amide bonds. The highest BCUT2D eigenvalue weighted by atomic mass is 32.2. The second-order valence-corrected chi connectivity index (χ2v) is 8.24. The molecular formula is C18H33N3O2S. The van der Waals surface area contributed by atoms with Crippen molar-refractivity contribution >= 4 is 10.0 Å². The fraction of sp³-hybridized carbons (Fsp3) is 0.889. The molecule has 1 atom stereocenters. The number of hydrogen-bond acceptors (Lipinski definition) is 4. The lowest BCUT2D eigenvalue weighted by atomic mass is 10.1. The highest BCUT2D eigenvalue weighted by molar-refractivity contribution is 7.90. The van der Waals surface area contributed by atoms with Crippen LogP contribution in [0.3, 0.4) is 0 Å². The summed E-state index contributed by atoms with van der Waals surface area (Å²) in [4.78, 5) is 0. The van der Waals surface area contributed by atoms with Crippen molar-refractivity contribution in [2.45, 2.75) is 95.6 Å². The monoisotopic (exact) mass is 355 g/mol. The molecule has 138 valence electrons. The van der Waals surface area contributed by atoms with Crippen LogP contribution >= 0.6 is 0 Å². The van der Waals surface area contributed by atoms with E-state index in [4.69, 9.17) is 10.5 Å². The van der Waals surface area contributed by atoms with Crippen molar-refractivity contribution in [3.63, 3.8) is 0 Å². The maximum Gasteiger partial charge on any atom is 0.227 e. The van der Waals surface area contributed by atoms with E-state index in [1.165, 1.54) is 12.8 Å². The van der Waals surface area contributed by atoms with Gasteiger partial charge in [0.05, 0.1) is 12.1 Å². The van der Waals surface area contributed by atoms with Gasteiger partial charge in [0.1, 0.15) is 0 Å². The quantitative estimate of drug-likeness (QED) is 0.415. The molecule has 0 aliphatic heterocycles. The van der Waals surface area contributed by atoms with Gasteiger partial charge in [0.25, 0.3) is 0 Å². The van der Waals surface area contributed by atoms with Crippen LogP contribution in [0.25, 0.3) is 0 Å². The van der Waals surface area contributed by atoms with Crippen molar-refractivity contribution in [1.82, 2.24) is 4.72 Å². The van der Waals surface area contributed by atoms with E-state index >= 15 is 0 Å². The third-order valence-corrected chi connectivity index (χ3v) is 5.80. The Morgan fingerprint density at radius 3 is 2.00 bits per heavy atom. The minimum absolute atomic E-state index is 0.422. The van der Waals surface area contributed by atoms with Crippen LogP contribution in [0.4, 0.5) is 0 Å². The summed E-state index contributed by atoms with van der Waals surface area (Å²) >= 11 is 0. The maximum atomic E-state index is 12.1. The van der Waals surface area contributed by atoms with Gasteiger partial charge >= 0.3 is 0 Å². The van der Waals surface area contributed by atoms with E-state index in [1.807, 2.05) is 6.07 Å². The Balaban J connectivity index is 3.67. The molecule has 0 aromatic carbocycles. The summed E-state index contributed by atoms with van der Waals surface area (Å²) in [6.07, 6.45) is 12.4. The van der Waals surface area contributed by atoms with Crippen LogP contribution in [0.5, 0.6) is 0 Å². The van der Waals surface area contributed by atoms with Gasteiger partial charge in [-0.15, -0.1) is 0 Å². The van der Waals surface area contributed by atoms with Gasteiger partial charge in [-0.25, -0.2) is 13.1 Å². The molecule has 0 saturated carbocycles. The minimum Gasteiger partial charge on any atom is -0.214 e. The summed E-state index contributed by atoms with van der Waals surface area (Å²) in [6, 6.07) is 4.08. The van der Waals surface area contributed by atoms with E-state index in [-0.39, 0.29) is 0 Å². The Morgan fingerprint density at radius 2 is 1.46 bits per heavy atom. The zero-order valence-corrected chi connectivity index (χ0v) is 15.9. The Hall–Kier alpha value is -1.11. The minimum atomic E-state index is -3.50. The predicted molar refractivity (Wildman–Crippen MR) is 97.6 cm³/mol. The van der Waals surface area contributed by atoms with Crippen LogP contribution in [0, 0.1) is 22.7 Å². The molecule has 1 N–H and O–H groups in total. The molecular weight excluding hydrogens is 322 g/mol. The zero-order valence-electron chi connectivity index (χ0n) is 15.1. The van der Waals surface area contributed by atoms with Crippen molar-refractivity contribution in [1.29, 1.82) is 10.5 Å². The van der Waals surface area contributed by atoms with E-state index in [0.29, 0.717) is 19.4 Å². The molecule has 0 spiro atoms. The standard InChI is InChI=1S/C18H33N3O2S/c1-2-3-11-14-18(17-20)24(22,23)21-16-13-10-8-6-4-5-7-9-12-15-19/h18,21H,2-14,16H2,1H3. The predicted octanol–water partition coefficient (Wildman–Crippen LogP) is 4.41. The lowest BCUT2D eigenvalue weighted by molar-refractivity contribution is 0.548. The molecule has 0 aliphatic rings. The average Bonchev–Trinajstić information content (AvgIpc) is 2.56. The van der Waals surface area contributed by atoms with E-state index in [1.54, 1.807) is 0 Å². The third-order valence-electron chi connectivity index (χ3n) is 4.11. The number of unbranched alkanes of at least 4 members (excludes halogenated alkanes) is 10. The smallest absolute Gasteiger partial charge is 0.214 e. The van der Waals surface area contributed by atoms with Gasteiger partial charge < -0.3 is 0 Å². The first-order valence-corrected chi connectivity index (χ1v) is 10.9. The van der Waals surface area contributed by atoms with Gasteiger partial charge in [0.2, 0.25) is 10.0 Å². The second kappa shape index (κ2) is 15.4. The largest absolute Gasteiger partial charge is 0.227 e. The molecule has 0 radical (unpaired) electrons. The lowest BCUT2D eigenvalue weighted by Gasteiger charge is -2.11. The SMILES string of the molecule is CCCCCC(C#N)S(=O)(=O)NCCCCCCCCCCC#N. The van der Waals surface area contributed by atoms with Crippen molar-refractivity contribution in [2.75, 3.05) is 6.54 Å². The van der Waals surface area contributed by atoms with Crippen LogP contribution in [-0.2, 0) is 10.0 Å². The summed E-state index contributed by atoms with van der Waals surface area (Å²) in [5.74, 6) is 0. The Labute approximate surface area is 148 Å². The molecule has 0 aromatic heterocycles. The number of nitrogens with zero attached hydrogens (tertiary/aromatic N) is 2. The Kier molecular flexibility index (Phi) is 14.7. The van der Waals surface area contributed by atoms with Crippen LogP contribution in [0.1, 0.15) is 90.4 Å². The van der Waals surface area contributed by atoms with Gasteiger partial charge in [0, 0.05) is 13.0 Å². The lowest BCUT2D eigenvalue weighted by Crippen LogP contribution is -2.34. The third kappa shape index (κ3) is 12.3. The first kappa shape index (κ1) is 22.9. The highest BCUT2D eigenvalue weighted by Crippen LogP contribution is 2.11. The number of hydrogen-bond donors (Lipinski definition) is 1. The summed E-state index contributed by atoms with van der Waals surface area (Å²) in [5.41, 5.74) is 0. The summed E-state index contributed by atoms with van der Waals surface area (Å²) < 4.78 is 26.7. The molecule has 0 aromatic rings. The highest BCUT2D eigenvalue weighted by Gasteiger charge is 2.23. The fourth-order valence-electron chi connectivity index (χ4n) is 2.57. The molecule has 0 rings (SSSR count). The number of rotatable bonds is 16. The van der Waals surface area contributed by atoms with Gasteiger partial charge in [0.15, 0.2) is 5.25 Å². The van der Waals surface area contributed by atoms with Crippen LogP contribution in [0.15, 0.2) is 0 Å². The Bertz CT molecular complexity index is 477. The molecule has 0 fully saturated rings. The molecule has 0 aliphatic carbocycles. The van der Waals surface area contributed by atoms with Gasteiger partial charge in [-0.2, -0.15) is 10.5 Å². The van der Waals surface area contributed by atoms with E-state index in [2.05, 4.69) is 17.7 Å². The van der Waals surface area contributed by atoms with Crippen LogP contribution in [-0.4, -0.2) is 20.2 Å². The molecule has 1 unspecified atom stereocenters. The number of nitrogens with one attached hydrogen (secondary N) is 1. The van der Waals surface area contributed by atoms with E-state index < -0.39 is 15.3 Å². The average molecular weight is 356 g/mol. The molecule has 24 heavy (non-hydrogen) atoms. The van der Waals surface area contributed by atoms with Crippen molar-refractivity contribution in [2.24, 2.45) is 0 Å². The molecule has 5 nitrogen and oxygen atoms in total. The summed E-state index contributed by atoms with van der Waals surface area (Å²) in [5, 5.41) is 16.6. The maximum absolute atomic E-state index is 12.1. The Morgan fingerprint density at radius 1 is 0.875 bits per heavy atom. The van der Waals surface area contributed by atoms with E-state index in [9.17, 15) is 8.42 Å². The van der Waals surface area contributed by atoms with Crippen molar-refractivity contribution < 1.29 is 8.42 Å². The number of nitriles is 2. The van der Waals surface area contributed by atoms with Gasteiger partial charge in [-0.3, -0.25) is 0 Å². The van der Waals surface area contributed by atoms with Crippen molar-refractivity contribution in [3.05, 3.63) is 0 Å². The first-order valence-electron chi connectivity index (χ1n) is 9.33. The second-order valence-electron chi connectivity index (χ2n) is 6.29. The molecule has 6 heteroatoms. The molecule has 0 bridgehead atoms. The summed E-state index contributed by atoms with van der Waals surface area (Å²) in [6.45, 7) is 2.48. The fourth-order valence-corrected chi connectivity index (χ4v) is 3.82. The van der Waals surface area contributed by atoms with Crippen LogP contribution < -0.4 is 4.72 Å². The number of sulfonamides is 1. The van der Waals surface area contributed by atoms with Crippen LogP contribution in [0.2, 0.25) is 0 Å². The normalized spacial score (nSPS) is 12.5. The zero-order chi connectivity index (χ0) is 18.1. The van der Waals surface area contributed by atoms with Gasteiger partial charge in [-0.1, -0.05) is 64.7 Å². The summed E-state index contributed by atoms with van der Waals surface area (Å²) in [7, 11) is -3.50. The van der Waals surface area contributed by atoms with E-state index in [0.717, 1.165) is 57.8 Å². The molecule has 0 heterocycles. The molecule has 0 saturated heterocycles.